The molecule has 2 rings (SSSR count). The number of para-hydroxylation sites is 1. The normalized spacial score (nSPS) is 10.1. The lowest BCUT2D eigenvalue weighted by Crippen LogP contribution is -2.31. The van der Waals surface area contributed by atoms with E-state index in [1.165, 1.54) is 10.7 Å². The molecule has 0 aliphatic rings. The van der Waals surface area contributed by atoms with Crippen LogP contribution in [0.4, 0.5) is 0 Å². The zero-order chi connectivity index (χ0) is 14.5. The van der Waals surface area contributed by atoms with E-state index in [-0.39, 0.29) is 17.8 Å². The molecule has 102 valence electrons. The van der Waals surface area contributed by atoms with E-state index in [9.17, 15) is 9.59 Å². The van der Waals surface area contributed by atoms with E-state index < -0.39 is 5.91 Å². The van der Waals surface area contributed by atoms with Crippen molar-refractivity contribution in [1.29, 1.82) is 5.41 Å². The highest BCUT2D eigenvalue weighted by Gasteiger charge is 2.13. The number of carbonyl (C=O) groups is 1. The lowest BCUT2D eigenvalue weighted by atomic mass is 10.2. The van der Waals surface area contributed by atoms with Crippen molar-refractivity contribution in [2.75, 3.05) is 6.54 Å². The fourth-order valence-electron chi connectivity index (χ4n) is 1.75. The van der Waals surface area contributed by atoms with E-state index in [0.717, 1.165) is 6.21 Å². The van der Waals surface area contributed by atoms with E-state index in [2.05, 4.69) is 10.4 Å². The second-order valence-corrected chi connectivity index (χ2v) is 4.18. The number of nitrogens with zero attached hydrogens (tertiary/aromatic N) is 2. The molecule has 2 aromatic rings. The number of rotatable bonds is 4. The standard InChI is InChI=1S/C14H14N4O2/c1-10-9-12(19)18(11-5-3-2-4-6-11)17-13(10)14(20)16-8-7-15/h2-7,9,15H,8H2,1H3,(H,16,20). The summed E-state index contributed by atoms with van der Waals surface area (Å²) in [5.74, 6) is -0.407. The molecular formula is C14H14N4O2. The number of carbonyl (C=O) groups excluding carboxylic acids is 1. The van der Waals surface area contributed by atoms with Crippen molar-refractivity contribution in [3.8, 4) is 5.69 Å². The summed E-state index contributed by atoms with van der Waals surface area (Å²) in [5.41, 5.74) is 0.982. The average molecular weight is 270 g/mol. The molecule has 0 spiro atoms. The van der Waals surface area contributed by atoms with Crippen LogP contribution in [-0.2, 0) is 0 Å². The van der Waals surface area contributed by atoms with Gasteiger partial charge in [-0.3, -0.25) is 9.59 Å². The van der Waals surface area contributed by atoms with Crippen LogP contribution in [0.5, 0.6) is 0 Å². The zero-order valence-electron chi connectivity index (χ0n) is 11.0. The van der Waals surface area contributed by atoms with Gasteiger partial charge >= 0.3 is 0 Å². The topological polar surface area (TPSA) is 87.8 Å². The minimum Gasteiger partial charge on any atom is -0.346 e. The van der Waals surface area contributed by atoms with Gasteiger partial charge in [-0.2, -0.15) is 9.78 Å². The summed E-state index contributed by atoms with van der Waals surface area (Å²) in [7, 11) is 0. The highest BCUT2D eigenvalue weighted by molar-refractivity contribution is 5.94. The second-order valence-electron chi connectivity index (χ2n) is 4.18. The minimum absolute atomic E-state index is 0.129. The maximum atomic E-state index is 12.0. The Labute approximate surface area is 115 Å². The molecule has 0 saturated heterocycles. The summed E-state index contributed by atoms with van der Waals surface area (Å²) in [6.07, 6.45) is 1.08. The summed E-state index contributed by atoms with van der Waals surface area (Å²) in [6, 6.07) is 10.3. The Kier molecular flexibility index (Phi) is 4.05. The fraction of sp³-hybridized carbons (Fsp3) is 0.143. The third-order valence-corrected chi connectivity index (χ3v) is 2.70. The minimum atomic E-state index is -0.407. The first-order valence-electron chi connectivity index (χ1n) is 6.07. The second kappa shape index (κ2) is 5.92. The van der Waals surface area contributed by atoms with Crippen LogP contribution in [0.2, 0.25) is 0 Å². The molecule has 0 saturated carbocycles. The number of benzene rings is 1. The van der Waals surface area contributed by atoms with Gasteiger partial charge in [-0.25, -0.2) is 0 Å². The summed E-state index contributed by atoms with van der Waals surface area (Å²) < 4.78 is 1.19. The van der Waals surface area contributed by atoms with Crippen molar-refractivity contribution in [3.05, 3.63) is 58.0 Å². The van der Waals surface area contributed by atoms with Gasteiger partial charge in [0, 0.05) is 12.3 Å². The summed E-state index contributed by atoms with van der Waals surface area (Å²) in [6.45, 7) is 1.79. The predicted octanol–water partition coefficient (Wildman–Crippen LogP) is 0.920. The summed E-state index contributed by atoms with van der Waals surface area (Å²) >= 11 is 0. The van der Waals surface area contributed by atoms with Crippen LogP contribution in [0, 0.1) is 12.3 Å². The monoisotopic (exact) mass is 270 g/mol. The van der Waals surface area contributed by atoms with Crippen molar-refractivity contribution in [1.82, 2.24) is 15.1 Å². The molecule has 0 aliphatic heterocycles. The highest BCUT2D eigenvalue weighted by atomic mass is 16.2. The van der Waals surface area contributed by atoms with Crippen LogP contribution in [0.3, 0.4) is 0 Å². The van der Waals surface area contributed by atoms with Crippen molar-refractivity contribution < 1.29 is 4.79 Å². The number of aromatic nitrogens is 2. The molecule has 1 aromatic heterocycles. The molecule has 1 aromatic carbocycles. The molecule has 1 amide bonds. The highest BCUT2D eigenvalue weighted by Crippen LogP contribution is 2.06. The zero-order valence-corrected chi connectivity index (χ0v) is 11.0. The molecule has 6 heteroatoms. The van der Waals surface area contributed by atoms with Gasteiger partial charge in [0.15, 0.2) is 5.69 Å². The fourth-order valence-corrected chi connectivity index (χ4v) is 1.75. The molecule has 0 atom stereocenters. The van der Waals surface area contributed by atoms with Crippen molar-refractivity contribution in [2.45, 2.75) is 6.92 Å². The average Bonchev–Trinajstić information content (AvgIpc) is 2.46. The predicted molar refractivity (Wildman–Crippen MR) is 75.7 cm³/mol. The number of amides is 1. The SMILES string of the molecule is Cc1cc(=O)n(-c2ccccc2)nc1C(=O)NCC=N. The van der Waals surface area contributed by atoms with Crippen molar-refractivity contribution in [3.63, 3.8) is 0 Å². The van der Waals surface area contributed by atoms with Crippen molar-refractivity contribution >= 4 is 12.1 Å². The van der Waals surface area contributed by atoms with Crippen LogP contribution in [0.1, 0.15) is 16.1 Å². The van der Waals surface area contributed by atoms with Crippen LogP contribution < -0.4 is 10.9 Å². The van der Waals surface area contributed by atoms with Crippen LogP contribution >= 0.6 is 0 Å². The van der Waals surface area contributed by atoms with Gasteiger partial charge in [-0.1, -0.05) is 18.2 Å². The van der Waals surface area contributed by atoms with Crippen molar-refractivity contribution in [2.24, 2.45) is 0 Å². The Balaban J connectivity index is 2.48. The molecule has 1 heterocycles. The van der Waals surface area contributed by atoms with Gasteiger partial charge in [0.2, 0.25) is 0 Å². The summed E-state index contributed by atoms with van der Waals surface area (Å²) in [4.78, 5) is 23.9. The first-order chi connectivity index (χ1) is 9.63. The number of hydrogen-bond acceptors (Lipinski definition) is 4. The molecule has 0 fully saturated rings. The smallest absolute Gasteiger partial charge is 0.272 e. The van der Waals surface area contributed by atoms with Crippen LogP contribution in [0.25, 0.3) is 5.69 Å². The van der Waals surface area contributed by atoms with Gasteiger partial charge in [-0.15, -0.1) is 0 Å². The van der Waals surface area contributed by atoms with E-state index >= 15 is 0 Å². The Hall–Kier alpha value is -2.76. The van der Waals surface area contributed by atoms with Crippen LogP contribution in [-0.4, -0.2) is 28.4 Å². The van der Waals surface area contributed by atoms with E-state index in [1.54, 1.807) is 31.2 Å². The van der Waals surface area contributed by atoms with E-state index in [1.807, 2.05) is 6.07 Å². The first kappa shape index (κ1) is 13.7. The molecule has 6 nitrogen and oxygen atoms in total. The Morgan fingerprint density at radius 3 is 2.75 bits per heavy atom. The van der Waals surface area contributed by atoms with Gasteiger partial charge in [-0.05, 0) is 24.6 Å². The van der Waals surface area contributed by atoms with Gasteiger partial charge in [0.05, 0.1) is 12.2 Å². The summed E-state index contributed by atoms with van der Waals surface area (Å²) in [5, 5.41) is 13.5. The lowest BCUT2D eigenvalue weighted by molar-refractivity contribution is 0.0952. The van der Waals surface area contributed by atoms with Gasteiger partial charge in [0.1, 0.15) is 0 Å². The third-order valence-electron chi connectivity index (χ3n) is 2.70. The maximum Gasteiger partial charge on any atom is 0.272 e. The Morgan fingerprint density at radius 2 is 2.10 bits per heavy atom. The Morgan fingerprint density at radius 1 is 1.40 bits per heavy atom. The number of hydrogen-bond donors (Lipinski definition) is 2. The number of aryl methyl sites for hydroxylation is 1. The molecule has 0 radical (unpaired) electrons. The van der Waals surface area contributed by atoms with E-state index in [0.29, 0.717) is 11.3 Å². The van der Waals surface area contributed by atoms with Gasteiger partial charge < -0.3 is 10.7 Å². The third kappa shape index (κ3) is 2.80. The van der Waals surface area contributed by atoms with Crippen LogP contribution in [0.15, 0.2) is 41.2 Å². The van der Waals surface area contributed by atoms with E-state index in [4.69, 9.17) is 5.41 Å². The lowest BCUT2D eigenvalue weighted by Gasteiger charge is -2.09. The Bertz CT molecular complexity index is 692. The molecule has 0 aliphatic carbocycles. The number of nitrogens with one attached hydrogen (secondary N) is 2. The molecule has 20 heavy (non-hydrogen) atoms. The molecule has 2 N–H and O–H groups in total. The largest absolute Gasteiger partial charge is 0.346 e. The first-order valence-corrected chi connectivity index (χ1v) is 6.07. The van der Waals surface area contributed by atoms with Gasteiger partial charge in [0.25, 0.3) is 11.5 Å². The maximum absolute atomic E-state index is 12.0. The molecular weight excluding hydrogens is 256 g/mol. The molecule has 0 bridgehead atoms. The quantitative estimate of drug-likeness (QED) is 0.810. The molecule has 0 unspecified atom stereocenters.